The van der Waals surface area contributed by atoms with Gasteiger partial charge in [-0.25, -0.2) is 4.79 Å². The van der Waals surface area contributed by atoms with Crippen LogP contribution in [0.4, 0.5) is 0 Å². The van der Waals surface area contributed by atoms with Crippen molar-refractivity contribution in [3.8, 4) is 0 Å². The normalized spacial score (nSPS) is 10.8. The lowest BCUT2D eigenvalue weighted by Crippen LogP contribution is -1.97. The summed E-state index contributed by atoms with van der Waals surface area (Å²) in [6.45, 7) is 0. The molecule has 3 rings (SSSR count). The van der Waals surface area contributed by atoms with Gasteiger partial charge in [-0.05, 0) is 30.3 Å². The van der Waals surface area contributed by atoms with E-state index in [-0.39, 0.29) is 5.69 Å². The summed E-state index contributed by atoms with van der Waals surface area (Å²) in [5, 5.41) is 10.9. The molecule has 100 valence electrons. The second kappa shape index (κ2) is 5.23. The second-order valence-corrected chi connectivity index (χ2v) is 5.76. The zero-order valence-electron chi connectivity index (χ0n) is 10.3. The van der Waals surface area contributed by atoms with Crippen LogP contribution in [-0.4, -0.2) is 16.1 Å². The number of halogens is 1. The van der Waals surface area contributed by atoms with Crippen LogP contribution in [-0.2, 0) is 0 Å². The molecule has 3 aromatic rings. The molecule has 20 heavy (non-hydrogen) atoms. The maximum absolute atomic E-state index is 11.4. The number of aromatic amines is 1. The second-order valence-electron chi connectivity index (χ2n) is 4.24. The average Bonchev–Trinajstić information content (AvgIpc) is 2.81. The van der Waals surface area contributed by atoms with Crippen LogP contribution in [0.15, 0.2) is 58.3 Å². The lowest BCUT2D eigenvalue weighted by Gasteiger charge is -2.02. The number of aromatic nitrogens is 1. The van der Waals surface area contributed by atoms with Gasteiger partial charge in [0.15, 0.2) is 0 Å². The van der Waals surface area contributed by atoms with Crippen LogP contribution in [0.5, 0.6) is 0 Å². The number of aromatic carboxylic acids is 1. The van der Waals surface area contributed by atoms with Crippen molar-refractivity contribution in [3.63, 3.8) is 0 Å². The summed E-state index contributed by atoms with van der Waals surface area (Å²) in [5.74, 6) is -0.960. The number of hydrogen-bond acceptors (Lipinski definition) is 2. The standard InChI is InChI=1S/C15H10ClNO2S/c16-9-5-7-10(8-6-9)20-14-11-3-1-2-4-12(11)17-13(14)15(18)19/h1-8,17H,(H,18,19). The molecule has 2 N–H and O–H groups in total. The molecule has 1 heterocycles. The summed E-state index contributed by atoms with van der Waals surface area (Å²) in [7, 11) is 0. The largest absolute Gasteiger partial charge is 0.477 e. The molecule has 0 aliphatic carbocycles. The molecule has 0 fully saturated rings. The third kappa shape index (κ3) is 2.40. The summed E-state index contributed by atoms with van der Waals surface area (Å²) in [6.07, 6.45) is 0. The Labute approximate surface area is 124 Å². The van der Waals surface area contributed by atoms with Crippen LogP contribution < -0.4 is 0 Å². The van der Waals surface area contributed by atoms with Crippen molar-refractivity contribution in [2.45, 2.75) is 9.79 Å². The number of benzene rings is 2. The van der Waals surface area contributed by atoms with Gasteiger partial charge in [-0.15, -0.1) is 0 Å². The highest BCUT2D eigenvalue weighted by Gasteiger charge is 2.17. The van der Waals surface area contributed by atoms with Gasteiger partial charge in [0.2, 0.25) is 0 Å². The molecule has 2 aromatic carbocycles. The number of fused-ring (bicyclic) bond motifs is 1. The smallest absolute Gasteiger partial charge is 0.353 e. The molecule has 0 aliphatic rings. The van der Waals surface area contributed by atoms with E-state index in [1.54, 1.807) is 12.1 Å². The minimum absolute atomic E-state index is 0.214. The Balaban J connectivity index is 2.11. The predicted octanol–water partition coefficient (Wildman–Crippen LogP) is 4.67. The van der Waals surface area contributed by atoms with Crippen molar-refractivity contribution in [3.05, 3.63) is 59.2 Å². The third-order valence-corrected chi connectivity index (χ3v) is 4.29. The Morgan fingerprint density at radius 3 is 2.50 bits per heavy atom. The van der Waals surface area contributed by atoms with E-state index in [9.17, 15) is 9.90 Å². The van der Waals surface area contributed by atoms with E-state index in [2.05, 4.69) is 4.98 Å². The SMILES string of the molecule is O=C(O)c1[nH]c2ccccc2c1Sc1ccc(Cl)cc1. The number of hydrogen-bond donors (Lipinski definition) is 2. The van der Waals surface area contributed by atoms with Gasteiger partial charge in [0.05, 0.1) is 4.90 Å². The van der Waals surface area contributed by atoms with Crippen LogP contribution in [0.3, 0.4) is 0 Å². The fraction of sp³-hybridized carbons (Fsp3) is 0. The van der Waals surface area contributed by atoms with Crippen molar-refractivity contribution >= 4 is 40.2 Å². The number of para-hydroxylation sites is 1. The van der Waals surface area contributed by atoms with Crippen LogP contribution in [0.25, 0.3) is 10.9 Å². The average molecular weight is 304 g/mol. The van der Waals surface area contributed by atoms with Crippen molar-refractivity contribution in [2.75, 3.05) is 0 Å². The Kier molecular flexibility index (Phi) is 3.42. The van der Waals surface area contributed by atoms with E-state index in [4.69, 9.17) is 11.6 Å². The summed E-state index contributed by atoms with van der Waals surface area (Å²) in [4.78, 5) is 16.0. The first-order valence-corrected chi connectivity index (χ1v) is 7.12. The molecule has 0 bridgehead atoms. The molecule has 0 saturated carbocycles. The van der Waals surface area contributed by atoms with E-state index < -0.39 is 5.97 Å². The monoisotopic (exact) mass is 303 g/mol. The van der Waals surface area contributed by atoms with E-state index in [0.717, 1.165) is 20.7 Å². The molecule has 0 atom stereocenters. The fourth-order valence-corrected chi connectivity index (χ4v) is 3.16. The number of carbonyl (C=O) groups is 1. The molecular weight excluding hydrogens is 294 g/mol. The van der Waals surface area contributed by atoms with Crippen LogP contribution in [0.2, 0.25) is 5.02 Å². The maximum atomic E-state index is 11.4. The highest BCUT2D eigenvalue weighted by molar-refractivity contribution is 7.99. The number of carboxylic acids is 1. The molecule has 1 aromatic heterocycles. The molecule has 0 aliphatic heterocycles. The molecule has 0 spiro atoms. The topological polar surface area (TPSA) is 53.1 Å². The first-order valence-electron chi connectivity index (χ1n) is 5.92. The van der Waals surface area contributed by atoms with Gasteiger partial charge in [0.1, 0.15) is 5.69 Å². The maximum Gasteiger partial charge on any atom is 0.353 e. The Morgan fingerprint density at radius 1 is 1.10 bits per heavy atom. The Morgan fingerprint density at radius 2 is 1.80 bits per heavy atom. The van der Waals surface area contributed by atoms with Crippen molar-refractivity contribution in [2.24, 2.45) is 0 Å². The highest BCUT2D eigenvalue weighted by Crippen LogP contribution is 2.36. The highest BCUT2D eigenvalue weighted by atomic mass is 35.5. The zero-order chi connectivity index (χ0) is 14.1. The number of carboxylic acid groups (broad SMARTS) is 1. The first kappa shape index (κ1) is 13.1. The van der Waals surface area contributed by atoms with Gasteiger partial charge in [0.25, 0.3) is 0 Å². The molecule has 5 heteroatoms. The molecule has 0 unspecified atom stereocenters. The summed E-state index contributed by atoms with van der Waals surface area (Å²) in [6, 6.07) is 14.9. The molecule has 0 amide bonds. The van der Waals surface area contributed by atoms with Crippen molar-refractivity contribution < 1.29 is 9.90 Å². The van der Waals surface area contributed by atoms with Gasteiger partial charge in [-0.1, -0.05) is 41.6 Å². The molecular formula is C15H10ClNO2S. The number of H-pyrrole nitrogens is 1. The van der Waals surface area contributed by atoms with E-state index in [1.807, 2.05) is 36.4 Å². The molecule has 3 nitrogen and oxygen atoms in total. The van der Waals surface area contributed by atoms with Gasteiger partial charge >= 0.3 is 5.97 Å². The summed E-state index contributed by atoms with van der Waals surface area (Å²) >= 11 is 7.28. The zero-order valence-corrected chi connectivity index (χ0v) is 11.8. The quantitative estimate of drug-likeness (QED) is 0.739. The fourth-order valence-electron chi connectivity index (χ4n) is 1.99. The van der Waals surface area contributed by atoms with Gasteiger partial charge in [0, 0.05) is 20.8 Å². The minimum atomic E-state index is -0.960. The van der Waals surface area contributed by atoms with Crippen LogP contribution in [0.1, 0.15) is 10.5 Å². The third-order valence-electron chi connectivity index (χ3n) is 2.91. The Bertz CT molecular complexity index is 780. The lowest BCUT2D eigenvalue weighted by molar-refractivity contribution is 0.0688. The van der Waals surface area contributed by atoms with Gasteiger partial charge < -0.3 is 10.1 Å². The number of rotatable bonds is 3. The summed E-state index contributed by atoms with van der Waals surface area (Å²) in [5.41, 5.74) is 1.03. The van der Waals surface area contributed by atoms with Crippen LogP contribution >= 0.6 is 23.4 Å². The van der Waals surface area contributed by atoms with Crippen molar-refractivity contribution in [1.29, 1.82) is 0 Å². The van der Waals surface area contributed by atoms with E-state index in [0.29, 0.717) is 5.02 Å². The van der Waals surface area contributed by atoms with Crippen molar-refractivity contribution in [1.82, 2.24) is 4.98 Å². The Hall–Kier alpha value is -1.91. The molecule has 0 saturated heterocycles. The van der Waals surface area contributed by atoms with E-state index in [1.165, 1.54) is 11.8 Å². The van der Waals surface area contributed by atoms with Gasteiger partial charge in [-0.2, -0.15) is 0 Å². The predicted molar refractivity (Wildman–Crippen MR) is 80.8 cm³/mol. The number of nitrogens with one attached hydrogen (secondary N) is 1. The minimum Gasteiger partial charge on any atom is -0.477 e. The lowest BCUT2D eigenvalue weighted by atomic mass is 10.2. The molecule has 0 radical (unpaired) electrons. The van der Waals surface area contributed by atoms with Gasteiger partial charge in [-0.3, -0.25) is 0 Å². The summed E-state index contributed by atoms with van der Waals surface area (Å²) < 4.78 is 0. The first-order chi connectivity index (χ1) is 9.65. The van der Waals surface area contributed by atoms with E-state index >= 15 is 0 Å². The van der Waals surface area contributed by atoms with Crippen LogP contribution in [0, 0.1) is 0 Å².